The van der Waals surface area contributed by atoms with Crippen LogP contribution in [-0.4, -0.2) is 41.9 Å². The third-order valence-corrected chi connectivity index (χ3v) is 4.61. The first kappa shape index (κ1) is 18.4. The first-order valence-corrected chi connectivity index (χ1v) is 8.45. The summed E-state index contributed by atoms with van der Waals surface area (Å²) in [6.07, 6.45) is 1.96. The van der Waals surface area contributed by atoms with Gasteiger partial charge in [-0.25, -0.2) is 4.39 Å². The van der Waals surface area contributed by atoms with Gasteiger partial charge in [0.2, 0.25) is 11.8 Å². The van der Waals surface area contributed by atoms with Gasteiger partial charge in [0, 0.05) is 19.1 Å². The molecule has 0 aromatic heterocycles. The van der Waals surface area contributed by atoms with Gasteiger partial charge in [-0.05, 0) is 50.3 Å². The Kier molecular flexibility index (Phi) is 6.31. The summed E-state index contributed by atoms with van der Waals surface area (Å²) in [5, 5.41) is 3.02. The summed E-state index contributed by atoms with van der Waals surface area (Å²) in [6, 6.07) is 5.55. The molecule has 24 heavy (non-hydrogen) atoms. The van der Waals surface area contributed by atoms with E-state index in [0.29, 0.717) is 19.0 Å². The fourth-order valence-corrected chi connectivity index (χ4v) is 3.12. The molecular formula is C18H26FN3O2. The molecule has 1 unspecified atom stereocenters. The van der Waals surface area contributed by atoms with Crippen molar-refractivity contribution < 1.29 is 14.0 Å². The van der Waals surface area contributed by atoms with Gasteiger partial charge >= 0.3 is 0 Å². The predicted molar refractivity (Wildman–Crippen MR) is 90.7 cm³/mol. The molecule has 0 saturated carbocycles. The maximum absolute atomic E-state index is 12.9. The second kappa shape index (κ2) is 8.24. The predicted octanol–water partition coefficient (Wildman–Crippen LogP) is 1.46. The van der Waals surface area contributed by atoms with Crippen LogP contribution in [0.1, 0.15) is 32.3 Å². The molecular weight excluding hydrogens is 309 g/mol. The zero-order chi connectivity index (χ0) is 17.7. The van der Waals surface area contributed by atoms with Crippen LogP contribution in [0.5, 0.6) is 0 Å². The van der Waals surface area contributed by atoms with E-state index in [4.69, 9.17) is 5.73 Å². The van der Waals surface area contributed by atoms with Crippen LogP contribution in [0.2, 0.25) is 0 Å². The second-order valence-electron chi connectivity index (χ2n) is 6.61. The van der Waals surface area contributed by atoms with Gasteiger partial charge in [0.05, 0.1) is 12.5 Å². The Morgan fingerprint density at radius 1 is 1.25 bits per heavy atom. The van der Waals surface area contributed by atoms with Crippen molar-refractivity contribution in [1.82, 2.24) is 10.2 Å². The summed E-state index contributed by atoms with van der Waals surface area (Å²) >= 11 is 0. The van der Waals surface area contributed by atoms with Crippen molar-refractivity contribution in [1.29, 1.82) is 0 Å². The van der Waals surface area contributed by atoms with Gasteiger partial charge in [0.15, 0.2) is 0 Å². The number of amides is 2. The number of carbonyl (C=O) groups excluding carboxylic acids is 2. The van der Waals surface area contributed by atoms with Crippen LogP contribution in [0.15, 0.2) is 24.3 Å². The van der Waals surface area contributed by atoms with Gasteiger partial charge in [-0.15, -0.1) is 0 Å². The number of hydrogen-bond acceptors (Lipinski definition) is 3. The van der Waals surface area contributed by atoms with Crippen molar-refractivity contribution in [3.63, 3.8) is 0 Å². The SMILES string of the molecule is CC(NC(=O)Cc1ccc(F)cc1)C1CCN(C(=O)[C@H](C)N)CC1. The first-order valence-electron chi connectivity index (χ1n) is 8.45. The van der Waals surface area contributed by atoms with Gasteiger partial charge in [-0.1, -0.05) is 12.1 Å². The number of rotatable bonds is 5. The van der Waals surface area contributed by atoms with Crippen LogP contribution in [-0.2, 0) is 16.0 Å². The van der Waals surface area contributed by atoms with E-state index in [1.54, 1.807) is 24.0 Å². The largest absolute Gasteiger partial charge is 0.353 e. The third-order valence-electron chi connectivity index (χ3n) is 4.61. The minimum Gasteiger partial charge on any atom is -0.353 e. The molecule has 0 bridgehead atoms. The molecule has 5 nitrogen and oxygen atoms in total. The molecule has 1 aromatic carbocycles. The van der Waals surface area contributed by atoms with Crippen LogP contribution < -0.4 is 11.1 Å². The van der Waals surface area contributed by atoms with Crippen molar-refractivity contribution in [2.75, 3.05) is 13.1 Å². The smallest absolute Gasteiger partial charge is 0.239 e. The Hall–Kier alpha value is -1.95. The van der Waals surface area contributed by atoms with Crippen LogP contribution in [0.25, 0.3) is 0 Å². The van der Waals surface area contributed by atoms with Gasteiger partial charge in [-0.2, -0.15) is 0 Å². The quantitative estimate of drug-likeness (QED) is 0.855. The Bertz CT molecular complexity index is 566. The van der Waals surface area contributed by atoms with E-state index < -0.39 is 6.04 Å². The van der Waals surface area contributed by atoms with Gasteiger partial charge in [0.1, 0.15) is 5.82 Å². The maximum Gasteiger partial charge on any atom is 0.239 e. The fourth-order valence-electron chi connectivity index (χ4n) is 3.12. The highest BCUT2D eigenvalue weighted by atomic mass is 19.1. The molecule has 1 aliphatic heterocycles. The molecule has 0 aliphatic carbocycles. The minimum atomic E-state index is -0.464. The van der Waals surface area contributed by atoms with E-state index in [1.807, 2.05) is 6.92 Å². The molecule has 0 spiro atoms. The molecule has 132 valence electrons. The monoisotopic (exact) mass is 335 g/mol. The normalized spacial score (nSPS) is 18.1. The average Bonchev–Trinajstić information content (AvgIpc) is 2.56. The molecule has 2 atom stereocenters. The zero-order valence-electron chi connectivity index (χ0n) is 14.3. The van der Waals surface area contributed by atoms with Crippen molar-refractivity contribution in [3.8, 4) is 0 Å². The van der Waals surface area contributed by atoms with Crippen LogP contribution in [0, 0.1) is 11.7 Å². The number of likely N-dealkylation sites (tertiary alicyclic amines) is 1. The van der Waals surface area contributed by atoms with E-state index in [0.717, 1.165) is 18.4 Å². The molecule has 1 fully saturated rings. The lowest BCUT2D eigenvalue weighted by atomic mass is 9.90. The third kappa shape index (κ3) is 5.03. The summed E-state index contributed by atoms with van der Waals surface area (Å²) in [6.45, 7) is 5.06. The molecule has 1 aliphatic rings. The second-order valence-corrected chi connectivity index (χ2v) is 6.61. The molecule has 2 rings (SSSR count). The number of hydrogen-bond donors (Lipinski definition) is 2. The number of piperidine rings is 1. The van der Waals surface area contributed by atoms with Crippen LogP contribution in [0.4, 0.5) is 4.39 Å². The van der Waals surface area contributed by atoms with Gasteiger partial charge in [0.25, 0.3) is 0 Å². The Morgan fingerprint density at radius 3 is 2.38 bits per heavy atom. The fraction of sp³-hybridized carbons (Fsp3) is 0.556. The summed E-state index contributed by atoms with van der Waals surface area (Å²) in [5.41, 5.74) is 6.43. The van der Waals surface area contributed by atoms with Crippen LogP contribution >= 0.6 is 0 Å². The molecule has 6 heteroatoms. The molecule has 2 amide bonds. The molecule has 1 aromatic rings. The number of nitrogens with one attached hydrogen (secondary N) is 1. The number of carbonyl (C=O) groups is 2. The maximum atomic E-state index is 12.9. The van der Waals surface area contributed by atoms with Gasteiger partial charge < -0.3 is 16.0 Å². The van der Waals surface area contributed by atoms with Crippen molar-refractivity contribution >= 4 is 11.8 Å². The van der Waals surface area contributed by atoms with E-state index in [-0.39, 0.29) is 30.1 Å². The lowest BCUT2D eigenvalue weighted by molar-refractivity contribution is -0.134. The minimum absolute atomic E-state index is 0.0125. The van der Waals surface area contributed by atoms with Crippen LogP contribution in [0.3, 0.4) is 0 Å². The lowest BCUT2D eigenvalue weighted by Gasteiger charge is -2.35. The van der Waals surface area contributed by atoms with Crippen molar-refractivity contribution in [3.05, 3.63) is 35.6 Å². The molecule has 1 heterocycles. The summed E-state index contributed by atoms with van der Waals surface area (Å²) in [4.78, 5) is 25.8. The zero-order valence-corrected chi connectivity index (χ0v) is 14.3. The highest BCUT2D eigenvalue weighted by molar-refractivity contribution is 5.81. The number of nitrogens with zero attached hydrogens (tertiary/aromatic N) is 1. The highest BCUT2D eigenvalue weighted by Crippen LogP contribution is 2.21. The number of halogens is 1. The first-order chi connectivity index (χ1) is 11.4. The van der Waals surface area contributed by atoms with E-state index >= 15 is 0 Å². The number of nitrogens with two attached hydrogens (primary N) is 1. The van der Waals surface area contributed by atoms with Crippen molar-refractivity contribution in [2.24, 2.45) is 11.7 Å². The average molecular weight is 335 g/mol. The van der Waals surface area contributed by atoms with E-state index in [1.165, 1.54) is 12.1 Å². The number of benzene rings is 1. The van der Waals surface area contributed by atoms with Crippen molar-refractivity contribution in [2.45, 2.75) is 45.2 Å². The molecule has 1 saturated heterocycles. The summed E-state index contributed by atoms with van der Waals surface area (Å²) in [7, 11) is 0. The topological polar surface area (TPSA) is 75.4 Å². The molecule has 0 radical (unpaired) electrons. The Labute approximate surface area is 142 Å². The summed E-state index contributed by atoms with van der Waals surface area (Å²) < 4.78 is 12.9. The lowest BCUT2D eigenvalue weighted by Crippen LogP contribution is -2.49. The Morgan fingerprint density at radius 2 is 1.83 bits per heavy atom. The molecule has 3 N–H and O–H groups in total. The Balaban J connectivity index is 1.78. The van der Waals surface area contributed by atoms with E-state index in [9.17, 15) is 14.0 Å². The highest BCUT2D eigenvalue weighted by Gasteiger charge is 2.28. The standard InChI is InChI=1S/C18H26FN3O2/c1-12(20)18(24)22-9-7-15(8-10-22)13(2)21-17(23)11-14-3-5-16(19)6-4-14/h3-6,12-13,15H,7-11,20H2,1-2H3,(H,21,23)/t12-,13?/m0/s1. The summed E-state index contributed by atoms with van der Waals surface area (Å²) in [5.74, 6) is -0.0374. The van der Waals surface area contributed by atoms with E-state index in [2.05, 4.69) is 5.32 Å². The van der Waals surface area contributed by atoms with Gasteiger partial charge in [-0.3, -0.25) is 9.59 Å².